The fraction of sp³-hybridized carbons (Fsp3) is 0.261. The van der Waals surface area contributed by atoms with Gasteiger partial charge in [-0.05, 0) is 55.4 Å². The summed E-state index contributed by atoms with van der Waals surface area (Å²) in [5.74, 6) is -0.395. The average Bonchev–Trinajstić information content (AvgIpc) is 3.03. The molecule has 0 spiro atoms. The number of rotatable bonds is 8. The lowest BCUT2D eigenvalue weighted by Crippen LogP contribution is -2.28. The number of amidine groups is 1. The van der Waals surface area contributed by atoms with Crippen molar-refractivity contribution < 1.29 is 19.4 Å². The molecule has 0 aliphatic carbocycles. The van der Waals surface area contributed by atoms with Crippen LogP contribution in [0.4, 0.5) is 5.69 Å². The van der Waals surface area contributed by atoms with E-state index < -0.39 is 5.97 Å². The molecule has 0 saturated carbocycles. The van der Waals surface area contributed by atoms with Crippen LogP contribution in [0.3, 0.4) is 0 Å². The lowest BCUT2D eigenvalue weighted by atomic mass is 10.2. The summed E-state index contributed by atoms with van der Waals surface area (Å²) in [7, 11) is 0. The zero-order chi connectivity index (χ0) is 21.5. The molecule has 0 aromatic heterocycles. The van der Waals surface area contributed by atoms with Crippen LogP contribution in [0.25, 0.3) is 6.08 Å². The molecule has 7 heteroatoms. The van der Waals surface area contributed by atoms with E-state index in [-0.39, 0.29) is 11.5 Å². The predicted octanol–water partition coefficient (Wildman–Crippen LogP) is 5.19. The third kappa shape index (κ3) is 5.10. The second-order valence-electron chi connectivity index (χ2n) is 6.65. The number of carbonyl (C=O) groups excluding carboxylic acids is 1. The van der Waals surface area contributed by atoms with E-state index in [0.717, 1.165) is 24.2 Å². The number of amides is 1. The molecule has 6 nitrogen and oxygen atoms in total. The summed E-state index contributed by atoms with van der Waals surface area (Å²) in [6, 6.07) is 14.0. The molecule has 1 saturated heterocycles. The number of benzene rings is 2. The van der Waals surface area contributed by atoms with Crippen molar-refractivity contribution >= 4 is 40.6 Å². The van der Waals surface area contributed by atoms with E-state index in [2.05, 4.69) is 11.9 Å². The van der Waals surface area contributed by atoms with Crippen LogP contribution in [-0.4, -0.2) is 40.2 Å². The minimum atomic E-state index is -1.01. The topological polar surface area (TPSA) is 79.2 Å². The zero-order valence-corrected chi connectivity index (χ0v) is 17.8. The Bertz CT molecular complexity index is 1000. The molecule has 0 unspecified atom stereocenters. The van der Waals surface area contributed by atoms with Crippen molar-refractivity contribution in [2.45, 2.75) is 26.7 Å². The van der Waals surface area contributed by atoms with Gasteiger partial charge in [-0.15, -0.1) is 0 Å². The molecule has 2 aromatic carbocycles. The molecule has 0 atom stereocenters. The first-order valence-corrected chi connectivity index (χ1v) is 10.7. The van der Waals surface area contributed by atoms with Crippen molar-refractivity contribution in [1.82, 2.24) is 4.90 Å². The molecule has 1 fully saturated rings. The third-order valence-corrected chi connectivity index (χ3v) is 5.49. The predicted molar refractivity (Wildman–Crippen MR) is 120 cm³/mol. The van der Waals surface area contributed by atoms with Crippen molar-refractivity contribution in [2.24, 2.45) is 4.99 Å². The number of carboxylic acid groups (broad SMARTS) is 1. The SMILES string of the molecule is CCCCOc1ccccc1/C=C1/SC(=Nc2cccc(C(=O)O)c2)N(CC)C1=O. The molecule has 30 heavy (non-hydrogen) atoms. The van der Waals surface area contributed by atoms with Gasteiger partial charge >= 0.3 is 5.97 Å². The summed E-state index contributed by atoms with van der Waals surface area (Å²) in [6.07, 6.45) is 3.84. The Morgan fingerprint density at radius 3 is 2.73 bits per heavy atom. The molecular formula is C23H24N2O4S. The number of aromatic carboxylic acids is 1. The van der Waals surface area contributed by atoms with Gasteiger partial charge in [0.25, 0.3) is 5.91 Å². The number of thioether (sulfide) groups is 1. The summed E-state index contributed by atoms with van der Waals surface area (Å²) in [5.41, 5.74) is 1.49. The van der Waals surface area contributed by atoms with Crippen LogP contribution in [-0.2, 0) is 4.79 Å². The molecule has 3 rings (SSSR count). The Kier molecular flexibility index (Phi) is 7.30. The summed E-state index contributed by atoms with van der Waals surface area (Å²) < 4.78 is 5.87. The fourth-order valence-electron chi connectivity index (χ4n) is 2.89. The molecule has 1 amide bonds. The maximum absolute atomic E-state index is 12.9. The van der Waals surface area contributed by atoms with Gasteiger partial charge in [0.1, 0.15) is 5.75 Å². The summed E-state index contributed by atoms with van der Waals surface area (Å²) >= 11 is 1.28. The van der Waals surface area contributed by atoms with E-state index in [4.69, 9.17) is 4.74 Å². The Hall–Kier alpha value is -3.06. The highest BCUT2D eigenvalue weighted by molar-refractivity contribution is 8.18. The van der Waals surface area contributed by atoms with Crippen LogP contribution < -0.4 is 4.74 Å². The van der Waals surface area contributed by atoms with Crippen molar-refractivity contribution in [3.8, 4) is 5.75 Å². The van der Waals surface area contributed by atoms with Gasteiger partial charge in [0.2, 0.25) is 0 Å². The Balaban J connectivity index is 1.89. The van der Waals surface area contributed by atoms with E-state index in [9.17, 15) is 14.7 Å². The number of nitrogens with zero attached hydrogens (tertiary/aromatic N) is 2. The van der Waals surface area contributed by atoms with Gasteiger partial charge in [-0.25, -0.2) is 9.79 Å². The first kappa shape index (κ1) is 21.6. The van der Waals surface area contributed by atoms with Gasteiger partial charge in [0.05, 0.1) is 22.8 Å². The van der Waals surface area contributed by atoms with E-state index in [1.165, 1.54) is 23.9 Å². The van der Waals surface area contributed by atoms with E-state index in [1.54, 1.807) is 17.0 Å². The van der Waals surface area contributed by atoms with Gasteiger partial charge in [-0.3, -0.25) is 9.69 Å². The number of hydrogen-bond acceptors (Lipinski definition) is 5. The standard InChI is InChI=1S/C23H24N2O4S/c1-3-5-13-29-19-12-7-6-9-16(19)15-20-21(26)25(4-2)23(30-20)24-18-11-8-10-17(14-18)22(27)28/h6-12,14-15H,3-5,13H2,1-2H3,(H,27,28)/b20-15+,24-23?. The minimum absolute atomic E-state index is 0.126. The van der Waals surface area contributed by atoms with Gasteiger partial charge in [0.15, 0.2) is 5.17 Å². The number of carboxylic acids is 1. The van der Waals surface area contributed by atoms with Crippen LogP contribution in [0.5, 0.6) is 5.75 Å². The maximum atomic E-state index is 12.9. The Morgan fingerprint density at radius 1 is 1.20 bits per heavy atom. The normalized spacial score (nSPS) is 16.5. The van der Waals surface area contributed by atoms with Crippen molar-refractivity contribution in [3.63, 3.8) is 0 Å². The Morgan fingerprint density at radius 2 is 2.00 bits per heavy atom. The number of ether oxygens (including phenoxy) is 1. The van der Waals surface area contributed by atoms with Crippen molar-refractivity contribution in [3.05, 3.63) is 64.6 Å². The molecule has 1 aliphatic rings. The van der Waals surface area contributed by atoms with Crippen LogP contribution in [0, 0.1) is 0 Å². The lowest BCUT2D eigenvalue weighted by Gasteiger charge is -2.12. The lowest BCUT2D eigenvalue weighted by molar-refractivity contribution is -0.122. The van der Waals surface area contributed by atoms with Crippen LogP contribution in [0.15, 0.2) is 58.4 Å². The average molecular weight is 425 g/mol. The number of aliphatic imine (C=N–C) groups is 1. The maximum Gasteiger partial charge on any atom is 0.335 e. The zero-order valence-electron chi connectivity index (χ0n) is 17.0. The van der Waals surface area contributed by atoms with Crippen LogP contribution >= 0.6 is 11.8 Å². The first-order valence-electron chi connectivity index (χ1n) is 9.88. The van der Waals surface area contributed by atoms with Gasteiger partial charge < -0.3 is 9.84 Å². The quantitative estimate of drug-likeness (QED) is 0.466. The molecule has 0 bridgehead atoms. The van der Waals surface area contributed by atoms with Gasteiger partial charge in [-0.2, -0.15) is 0 Å². The third-order valence-electron chi connectivity index (χ3n) is 4.48. The number of likely N-dealkylation sites (N-methyl/N-ethyl adjacent to an activating group) is 1. The van der Waals surface area contributed by atoms with Crippen LogP contribution in [0.1, 0.15) is 42.6 Å². The molecule has 2 aromatic rings. The minimum Gasteiger partial charge on any atom is -0.493 e. The Labute approximate surface area is 180 Å². The second kappa shape index (κ2) is 10.1. The molecule has 0 radical (unpaired) electrons. The number of hydrogen-bond donors (Lipinski definition) is 1. The smallest absolute Gasteiger partial charge is 0.335 e. The molecular weight excluding hydrogens is 400 g/mol. The molecule has 1 heterocycles. The highest BCUT2D eigenvalue weighted by Gasteiger charge is 2.32. The van der Waals surface area contributed by atoms with E-state index in [1.807, 2.05) is 37.3 Å². The van der Waals surface area contributed by atoms with Gasteiger partial charge in [-0.1, -0.05) is 37.6 Å². The number of para-hydroxylation sites is 1. The number of unbranched alkanes of at least 4 members (excludes halogenated alkanes) is 1. The molecule has 156 valence electrons. The number of carbonyl (C=O) groups is 2. The largest absolute Gasteiger partial charge is 0.493 e. The second-order valence-corrected chi connectivity index (χ2v) is 7.66. The monoisotopic (exact) mass is 424 g/mol. The summed E-state index contributed by atoms with van der Waals surface area (Å²) in [5, 5.41) is 9.71. The highest BCUT2D eigenvalue weighted by Crippen LogP contribution is 2.35. The van der Waals surface area contributed by atoms with Crippen molar-refractivity contribution in [2.75, 3.05) is 13.2 Å². The van der Waals surface area contributed by atoms with E-state index in [0.29, 0.717) is 28.9 Å². The summed E-state index contributed by atoms with van der Waals surface area (Å²) in [6.45, 7) is 5.09. The highest BCUT2D eigenvalue weighted by atomic mass is 32.2. The van der Waals surface area contributed by atoms with E-state index >= 15 is 0 Å². The fourth-order valence-corrected chi connectivity index (χ4v) is 3.94. The van der Waals surface area contributed by atoms with Crippen LogP contribution in [0.2, 0.25) is 0 Å². The van der Waals surface area contributed by atoms with Gasteiger partial charge in [0, 0.05) is 12.1 Å². The summed E-state index contributed by atoms with van der Waals surface area (Å²) in [4.78, 5) is 30.8. The molecule has 1 aliphatic heterocycles. The molecule has 1 N–H and O–H groups in total. The van der Waals surface area contributed by atoms with Crippen molar-refractivity contribution in [1.29, 1.82) is 0 Å². The first-order chi connectivity index (χ1) is 14.5.